The fraction of sp³-hybridized carbons (Fsp3) is 0.600. The molecule has 2 aliphatic heterocycles. The van der Waals surface area contributed by atoms with Gasteiger partial charge in [0.05, 0.1) is 6.34 Å². The predicted molar refractivity (Wildman–Crippen MR) is 51.9 cm³/mol. The summed E-state index contributed by atoms with van der Waals surface area (Å²) in [5, 5.41) is 0. The normalized spacial score (nSPS) is 34.6. The van der Waals surface area contributed by atoms with Crippen molar-refractivity contribution in [2.75, 3.05) is 7.05 Å². The van der Waals surface area contributed by atoms with Crippen molar-refractivity contribution in [3.63, 3.8) is 0 Å². The first kappa shape index (κ1) is 7.14. The number of amidine groups is 1. The van der Waals surface area contributed by atoms with Gasteiger partial charge in [0.15, 0.2) is 12.2 Å². The van der Waals surface area contributed by atoms with Gasteiger partial charge >= 0.3 is 0 Å². The molecule has 0 aliphatic carbocycles. The number of hydrogen-bond donors (Lipinski definition) is 1. The highest BCUT2D eigenvalue weighted by atomic mass is 127. The molecule has 2 atom stereocenters. The molecule has 0 aromatic carbocycles. The Balaban J connectivity index is 2.30. The fourth-order valence-corrected chi connectivity index (χ4v) is 2.67. The van der Waals surface area contributed by atoms with Crippen LogP contribution in [0.1, 0.15) is 0 Å². The Morgan fingerprint density at radius 2 is 2.55 bits per heavy atom. The minimum Gasteiger partial charge on any atom is -0.385 e. The van der Waals surface area contributed by atoms with Gasteiger partial charge < -0.3 is 10.6 Å². The number of fused-ring (bicyclic) bond motifs is 1. The van der Waals surface area contributed by atoms with Crippen molar-refractivity contribution < 1.29 is 0 Å². The third kappa shape index (κ3) is 1.05. The molecule has 0 aromatic heterocycles. The van der Waals surface area contributed by atoms with Gasteiger partial charge in [-0.15, -0.1) is 0 Å². The van der Waals surface area contributed by atoms with E-state index in [0.29, 0.717) is 5.84 Å². The molecule has 2 aliphatic rings. The van der Waals surface area contributed by atoms with Crippen LogP contribution in [0.25, 0.3) is 0 Å². The number of rotatable bonds is 0. The number of nitrogens with zero attached hydrogens (tertiary/aromatic N) is 4. The molecule has 0 aromatic rings. The van der Waals surface area contributed by atoms with Crippen LogP contribution in [0.4, 0.5) is 0 Å². The Morgan fingerprint density at radius 1 is 1.73 bits per heavy atom. The summed E-state index contributed by atoms with van der Waals surface area (Å²) in [6.45, 7) is 0. The van der Waals surface area contributed by atoms with E-state index in [2.05, 4.69) is 11.3 Å². The summed E-state index contributed by atoms with van der Waals surface area (Å²) in [6.07, 6.45) is 1.91. The largest absolute Gasteiger partial charge is 0.385 e. The molecule has 0 bridgehead atoms. The van der Waals surface area contributed by atoms with E-state index in [1.165, 1.54) is 0 Å². The van der Waals surface area contributed by atoms with Crippen molar-refractivity contribution in [1.82, 2.24) is 4.90 Å². The van der Waals surface area contributed by atoms with Crippen molar-refractivity contribution >= 4 is 33.5 Å². The summed E-state index contributed by atoms with van der Waals surface area (Å²) in [5.74, 6) is 0.651. The van der Waals surface area contributed by atoms with E-state index < -0.39 is 21.3 Å². The van der Waals surface area contributed by atoms with Gasteiger partial charge in [-0.1, -0.05) is 0 Å². The lowest BCUT2D eigenvalue weighted by Gasteiger charge is -2.20. The summed E-state index contributed by atoms with van der Waals surface area (Å²) in [7, 11) is 1.96. The topological polar surface area (TPSA) is 66.3 Å². The van der Waals surface area contributed by atoms with Gasteiger partial charge in [-0.3, -0.25) is 4.99 Å². The van der Waals surface area contributed by atoms with E-state index in [-0.39, 0.29) is 12.2 Å². The molecule has 6 heteroatoms. The number of aliphatic imine (C=N–C) groups is 1. The average Bonchev–Trinajstić information content (AvgIpc) is 2.35. The summed E-state index contributed by atoms with van der Waals surface area (Å²) in [5.41, 5.74) is 5.66. The summed E-state index contributed by atoms with van der Waals surface area (Å²) < 4.78 is 8.47. The highest BCUT2D eigenvalue weighted by molar-refractivity contribution is 14.1. The van der Waals surface area contributed by atoms with Gasteiger partial charge in [-0.25, -0.2) is 3.15 Å². The maximum absolute atomic E-state index is 5.66. The molecule has 0 radical (unpaired) electrons. The van der Waals surface area contributed by atoms with E-state index >= 15 is 0 Å². The van der Waals surface area contributed by atoms with Gasteiger partial charge in [0.1, 0.15) is 27.1 Å². The van der Waals surface area contributed by atoms with Crippen molar-refractivity contribution in [3.05, 3.63) is 0 Å². The first-order valence-corrected chi connectivity index (χ1v) is 5.14. The third-order valence-corrected chi connectivity index (χ3v) is 3.28. The number of likely N-dealkylation sites (N-methyl/N-ethyl adjacent to an activating group) is 1. The quantitative estimate of drug-likeness (QED) is 0.631. The lowest BCUT2D eigenvalue weighted by atomic mass is 10.2. The molecule has 0 fully saturated rings. The molecular formula is C5H8IN5. The molecule has 60 valence electrons. The monoisotopic (exact) mass is 265 g/mol. The molecule has 2 unspecified atom stereocenters. The van der Waals surface area contributed by atoms with Crippen molar-refractivity contribution in [2.24, 2.45) is 17.1 Å². The smallest absolute Gasteiger partial charge is 0.158 e. The maximum Gasteiger partial charge on any atom is 0.158 e. The average molecular weight is 265 g/mol. The minimum absolute atomic E-state index is 0.00606. The molecule has 0 saturated carbocycles. The van der Waals surface area contributed by atoms with Crippen LogP contribution in [0.2, 0.25) is 0 Å². The standard InChI is InChI=1S/C5H8IN5/c1-11-2-8-3-4(7)9-6-10-5(3)11/h2-3,5H,1H3,(H2,7,9,10). The molecule has 0 saturated heterocycles. The molecular weight excluding hydrogens is 257 g/mol. The molecule has 0 amide bonds. The van der Waals surface area contributed by atoms with Crippen LogP contribution < -0.4 is 5.73 Å². The molecule has 2 N–H and O–H groups in total. The molecule has 2 rings (SSSR count). The van der Waals surface area contributed by atoms with Crippen LogP contribution in [-0.2, 0) is 0 Å². The van der Waals surface area contributed by atoms with Crippen LogP contribution in [0.3, 0.4) is 0 Å². The Labute approximate surface area is 74.9 Å². The van der Waals surface area contributed by atoms with Crippen LogP contribution in [0, 0.1) is 0 Å². The lowest BCUT2D eigenvalue weighted by molar-refractivity contribution is 0.409. The summed E-state index contributed by atoms with van der Waals surface area (Å²) in [4.78, 5) is 6.17. The first-order chi connectivity index (χ1) is 5.29. The number of hydrogen-bond acceptors (Lipinski definition) is 5. The zero-order chi connectivity index (χ0) is 7.84. The van der Waals surface area contributed by atoms with Crippen molar-refractivity contribution in [1.29, 1.82) is 0 Å². The van der Waals surface area contributed by atoms with Gasteiger partial charge in [-0.2, -0.15) is 3.21 Å². The molecule has 0 spiro atoms. The van der Waals surface area contributed by atoms with Gasteiger partial charge in [0.25, 0.3) is 0 Å². The minimum atomic E-state index is -0.420. The Morgan fingerprint density at radius 3 is 3.27 bits per heavy atom. The molecule has 2 heterocycles. The second-order valence-corrected chi connectivity index (χ2v) is 3.94. The van der Waals surface area contributed by atoms with Gasteiger partial charge in [0, 0.05) is 7.05 Å². The van der Waals surface area contributed by atoms with E-state index in [4.69, 9.17) is 5.73 Å². The lowest BCUT2D eigenvalue weighted by Crippen LogP contribution is -2.40. The molecule has 11 heavy (non-hydrogen) atoms. The number of nitrogens with two attached hydrogens (primary N) is 1. The third-order valence-electron chi connectivity index (χ3n) is 1.69. The van der Waals surface area contributed by atoms with E-state index in [0.717, 1.165) is 0 Å². The highest BCUT2D eigenvalue weighted by Crippen LogP contribution is 2.23. The Bertz CT molecular complexity index is 258. The van der Waals surface area contributed by atoms with Crippen LogP contribution in [0.15, 0.2) is 11.3 Å². The van der Waals surface area contributed by atoms with Gasteiger partial charge in [-0.05, 0) is 0 Å². The van der Waals surface area contributed by atoms with Crippen molar-refractivity contribution in [2.45, 2.75) is 12.2 Å². The number of halogens is 1. The zero-order valence-corrected chi connectivity index (χ0v) is 8.13. The first-order valence-electron chi connectivity index (χ1n) is 3.21. The van der Waals surface area contributed by atoms with Crippen LogP contribution in [-0.4, -0.2) is 36.3 Å². The van der Waals surface area contributed by atoms with Crippen LogP contribution >= 0.6 is 21.3 Å². The Kier molecular flexibility index (Phi) is 1.63. The maximum atomic E-state index is 5.66. The van der Waals surface area contributed by atoms with E-state index in [9.17, 15) is 0 Å². The predicted octanol–water partition coefficient (Wildman–Crippen LogP) is 0.0949. The van der Waals surface area contributed by atoms with Crippen molar-refractivity contribution in [3.8, 4) is 0 Å². The fourth-order valence-electron chi connectivity index (χ4n) is 1.06. The second-order valence-electron chi connectivity index (χ2n) is 2.47. The van der Waals surface area contributed by atoms with Crippen LogP contribution in [0.5, 0.6) is 0 Å². The SMILES string of the molecule is CN1C=NC2C(N)=NI=NC21. The summed E-state index contributed by atoms with van der Waals surface area (Å²) in [6, 6.07) is -0.00606. The second kappa shape index (κ2) is 2.50. The highest BCUT2D eigenvalue weighted by Gasteiger charge is 2.32. The zero-order valence-electron chi connectivity index (χ0n) is 5.98. The Hall–Kier alpha value is -0.530. The summed E-state index contributed by atoms with van der Waals surface area (Å²) >= 11 is -0.420. The van der Waals surface area contributed by atoms with Gasteiger partial charge in [0.2, 0.25) is 0 Å². The van der Waals surface area contributed by atoms with E-state index in [1.807, 2.05) is 11.9 Å². The van der Waals surface area contributed by atoms with E-state index in [1.54, 1.807) is 6.34 Å². The molecule has 5 nitrogen and oxygen atoms in total.